The third-order valence-corrected chi connectivity index (χ3v) is 3.29. The molecule has 2 rings (SSSR count). The summed E-state index contributed by atoms with van der Waals surface area (Å²) in [5.74, 6) is 0. The highest BCUT2D eigenvalue weighted by Crippen LogP contribution is 2.21. The van der Waals surface area contributed by atoms with Gasteiger partial charge in [-0.15, -0.1) is 0 Å². The van der Waals surface area contributed by atoms with Gasteiger partial charge in [-0.05, 0) is 30.7 Å². The van der Waals surface area contributed by atoms with Crippen LogP contribution in [-0.4, -0.2) is 44.0 Å². The first kappa shape index (κ1) is 12.5. The molecule has 4 heteroatoms. The van der Waals surface area contributed by atoms with Gasteiger partial charge in [0.15, 0.2) is 0 Å². The van der Waals surface area contributed by atoms with Gasteiger partial charge in [0.05, 0.1) is 6.61 Å². The van der Waals surface area contributed by atoms with Crippen LogP contribution >= 0.6 is 0 Å². The van der Waals surface area contributed by atoms with Gasteiger partial charge in [-0.1, -0.05) is 0 Å². The average molecular weight is 236 g/mol. The van der Waals surface area contributed by atoms with E-state index in [0.29, 0.717) is 6.61 Å². The van der Waals surface area contributed by atoms with Crippen LogP contribution in [0.3, 0.4) is 0 Å². The maximum absolute atomic E-state index is 5.55. The molecule has 0 bridgehead atoms. The van der Waals surface area contributed by atoms with Gasteiger partial charge in [0.1, 0.15) is 5.60 Å². The second-order valence-corrected chi connectivity index (χ2v) is 4.47. The Labute approximate surface area is 102 Å². The van der Waals surface area contributed by atoms with E-state index in [2.05, 4.69) is 10.3 Å². The van der Waals surface area contributed by atoms with Crippen LogP contribution in [0.5, 0.6) is 0 Å². The van der Waals surface area contributed by atoms with E-state index >= 15 is 0 Å². The molecule has 0 amide bonds. The van der Waals surface area contributed by atoms with Crippen molar-refractivity contribution in [1.82, 2.24) is 10.3 Å². The minimum atomic E-state index is -0.113. The molecule has 1 aliphatic rings. The minimum absolute atomic E-state index is 0.113. The van der Waals surface area contributed by atoms with E-state index in [1.807, 2.05) is 24.5 Å². The van der Waals surface area contributed by atoms with Crippen LogP contribution in [0, 0.1) is 0 Å². The summed E-state index contributed by atoms with van der Waals surface area (Å²) in [4.78, 5) is 4.00. The van der Waals surface area contributed by atoms with Gasteiger partial charge in [0.2, 0.25) is 0 Å². The molecular weight excluding hydrogens is 216 g/mol. The maximum Gasteiger partial charge on any atom is 0.106 e. The van der Waals surface area contributed by atoms with E-state index in [9.17, 15) is 0 Å². The number of methoxy groups -OCH3 is 1. The van der Waals surface area contributed by atoms with Gasteiger partial charge in [-0.2, -0.15) is 0 Å². The van der Waals surface area contributed by atoms with Crippen LogP contribution in [0.2, 0.25) is 0 Å². The smallest absolute Gasteiger partial charge is 0.106 e. The zero-order chi connectivity index (χ0) is 12.0. The van der Waals surface area contributed by atoms with Gasteiger partial charge in [-0.25, -0.2) is 0 Å². The van der Waals surface area contributed by atoms with Crippen molar-refractivity contribution in [3.63, 3.8) is 0 Å². The number of nitrogens with one attached hydrogen (secondary N) is 1. The number of ether oxygens (including phenoxy) is 2. The molecule has 1 saturated heterocycles. The number of nitrogens with zero attached hydrogens (tertiary/aromatic N) is 1. The Kier molecular flexibility index (Phi) is 4.48. The van der Waals surface area contributed by atoms with Crippen LogP contribution in [0.4, 0.5) is 0 Å². The van der Waals surface area contributed by atoms with Crippen LogP contribution in [0.25, 0.3) is 0 Å². The molecule has 0 radical (unpaired) electrons. The lowest BCUT2D eigenvalue weighted by atomic mass is 10.0. The lowest BCUT2D eigenvalue weighted by Crippen LogP contribution is -2.43. The Hall–Kier alpha value is -0.970. The van der Waals surface area contributed by atoms with Gasteiger partial charge in [0, 0.05) is 39.1 Å². The predicted octanol–water partition coefficient (Wildman–Crippen LogP) is 1.02. The number of hydrogen-bond donors (Lipinski definition) is 1. The molecular formula is C13H20N2O2. The highest BCUT2D eigenvalue weighted by molar-refractivity contribution is 5.09. The number of hydrogen-bond acceptors (Lipinski definition) is 4. The summed E-state index contributed by atoms with van der Waals surface area (Å²) in [6.45, 7) is 3.31. The Morgan fingerprint density at radius 1 is 1.47 bits per heavy atom. The minimum Gasteiger partial charge on any atom is -0.378 e. The van der Waals surface area contributed by atoms with Crippen LogP contribution in [0.1, 0.15) is 12.0 Å². The third-order valence-electron chi connectivity index (χ3n) is 3.29. The number of aromatic nitrogens is 1. The van der Waals surface area contributed by atoms with Gasteiger partial charge in [0.25, 0.3) is 0 Å². The summed E-state index contributed by atoms with van der Waals surface area (Å²) in [6, 6.07) is 4.10. The van der Waals surface area contributed by atoms with Crippen molar-refractivity contribution >= 4 is 0 Å². The summed E-state index contributed by atoms with van der Waals surface area (Å²) < 4.78 is 10.9. The number of rotatable bonds is 6. The first-order chi connectivity index (χ1) is 8.35. The summed E-state index contributed by atoms with van der Waals surface area (Å²) in [5, 5.41) is 3.44. The molecule has 1 N–H and O–H groups in total. The van der Waals surface area contributed by atoms with Gasteiger partial charge < -0.3 is 14.8 Å². The predicted molar refractivity (Wildman–Crippen MR) is 66.0 cm³/mol. The third kappa shape index (κ3) is 3.49. The molecule has 1 unspecified atom stereocenters. The summed E-state index contributed by atoms with van der Waals surface area (Å²) in [7, 11) is 1.76. The molecule has 0 saturated carbocycles. The fraction of sp³-hybridized carbons (Fsp3) is 0.615. The standard InChI is InChI=1S/C13H20N2O2/c1-16-13(5-9-17-11-13)10-15-8-4-12-2-6-14-7-3-12/h2-3,6-7,15H,4-5,8-11H2,1H3. The highest BCUT2D eigenvalue weighted by atomic mass is 16.5. The van der Waals surface area contributed by atoms with Crippen molar-refractivity contribution in [2.45, 2.75) is 18.4 Å². The Balaban J connectivity index is 1.69. The van der Waals surface area contributed by atoms with Crippen molar-refractivity contribution in [3.05, 3.63) is 30.1 Å². The second-order valence-electron chi connectivity index (χ2n) is 4.47. The van der Waals surface area contributed by atoms with Crippen molar-refractivity contribution in [3.8, 4) is 0 Å². The Morgan fingerprint density at radius 3 is 2.94 bits per heavy atom. The van der Waals surface area contributed by atoms with E-state index in [-0.39, 0.29) is 5.60 Å². The molecule has 17 heavy (non-hydrogen) atoms. The summed E-state index contributed by atoms with van der Waals surface area (Å²) in [5.41, 5.74) is 1.19. The summed E-state index contributed by atoms with van der Waals surface area (Å²) >= 11 is 0. The first-order valence-corrected chi connectivity index (χ1v) is 6.07. The quantitative estimate of drug-likeness (QED) is 0.749. The van der Waals surface area contributed by atoms with E-state index < -0.39 is 0 Å². The maximum atomic E-state index is 5.55. The van der Waals surface area contributed by atoms with Crippen molar-refractivity contribution < 1.29 is 9.47 Å². The van der Waals surface area contributed by atoms with Gasteiger partial charge in [-0.3, -0.25) is 4.98 Å². The monoisotopic (exact) mass is 236 g/mol. The SMILES string of the molecule is COC1(CNCCc2ccncc2)CCOC1. The molecule has 2 heterocycles. The van der Waals surface area contributed by atoms with E-state index in [1.165, 1.54) is 5.56 Å². The molecule has 1 aromatic heterocycles. The first-order valence-electron chi connectivity index (χ1n) is 6.07. The molecule has 0 aliphatic carbocycles. The molecule has 1 aliphatic heterocycles. The molecule has 4 nitrogen and oxygen atoms in total. The Bertz CT molecular complexity index is 323. The van der Waals surface area contributed by atoms with Gasteiger partial charge >= 0.3 is 0 Å². The molecule has 94 valence electrons. The molecule has 1 fully saturated rings. The fourth-order valence-corrected chi connectivity index (χ4v) is 2.06. The largest absolute Gasteiger partial charge is 0.378 e. The lowest BCUT2D eigenvalue weighted by molar-refractivity contribution is -0.0155. The average Bonchev–Trinajstić information content (AvgIpc) is 2.85. The molecule has 1 aromatic rings. The fourth-order valence-electron chi connectivity index (χ4n) is 2.06. The second kappa shape index (κ2) is 6.10. The van der Waals surface area contributed by atoms with Crippen LogP contribution in [-0.2, 0) is 15.9 Å². The number of pyridine rings is 1. The van der Waals surface area contributed by atoms with Crippen molar-refractivity contribution in [2.75, 3.05) is 33.4 Å². The zero-order valence-corrected chi connectivity index (χ0v) is 10.3. The van der Waals surface area contributed by atoms with E-state index in [0.717, 1.165) is 32.5 Å². The molecule has 0 spiro atoms. The normalized spacial score (nSPS) is 24.1. The highest BCUT2D eigenvalue weighted by Gasteiger charge is 2.34. The van der Waals surface area contributed by atoms with Crippen LogP contribution in [0.15, 0.2) is 24.5 Å². The zero-order valence-electron chi connectivity index (χ0n) is 10.3. The Morgan fingerprint density at radius 2 is 2.29 bits per heavy atom. The van der Waals surface area contributed by atoms with Crippen LogP contribution < -0.4 is 5.32 Å². The van der Waals surface area contributed by atoms with Crippen molar-refractivity contribution in [2.24, 2.45) is 0 Å². The van der Waals surface area contributed by atoms with E-state index in [1.54, 1.807) is 7.11 Å². The topological polar surface area (TPSA) is 43.4 Å². The lowest BCUT2D eigenvalue weighted by Gasteiger charge is -2.26. The van der Waals surface area contributed by atoms with E-state index in [4.69, 9.17) is 9.47 Å². The molecule has 0 aromatic carbocycles. The van der Waals surface area contributed by atoms with Crippen molar-refractivity contribution in [1.29, 1.82) is 0 Å². The summed E-state index contributed by atoms with van der Waals surface area (Å²) in [6.07, 6.45) is 5.66. The molecule has 1 atom stereocenters.